The number of rotatable bonds is 5. The maximum Gasteiger partial charge on any atom is 0.191 e. The third kappa shape index (κ3) is 4.00. The largest absolute Gasteiger partial charge is 0.488 e. The smallest absolute Gasteiger partial charge is 0.191 e. The zero-order valence-electron chi connectivity index (χ0n) is 12.2. The summed E-state index contributed by atoms with van der Waals surface area (Å²) >= 11 is 0. The second kappa shape index (κ2) is 6.21. The van der Waals surface area contributed by atoms with Gasteiger partial charge in [0, 0.05) is 14.2 Å². The van der Waals surface area contributed by atoms with Gasteiger partial charge in [0.1, 0.15) is 12.4 Å². The molecule has 3 nitrogen and oxygen atoms in total. The summed E-state index contributed by atoms with van der Waals surface area (Å²) in [6, 6.07) is 6.29. The number of benzene rings is 1. The fourth-order valence-corrected chi connectivity index (χ4v) is 1.67. The van der Waals surface area contributed by atoms with E-state index in [-0.39, 0.29) is 11.7 Å². The minimum atomic E-state index is -0.327. The monoisotopic (exact) mass is 252 g/mol. The molecule has 1 aromatic carbocycles. The van der Waals surface area contributed by atoms with Gasteiger partial charge in [0.15, 0.2) is 6.29 Å². The zero-order chi connectivity index (χ0) is 13.8. The maximum absolute atomic E-state index is 5.70. The lowest BCUT2D eigenvalue weighted by atomic mass is 9.86. The summed E-state index contributed by atoms with van der Waals surface area (Å²) in [4.78, 5) is 0. The van der Waals surface area contributed by atoms with E-state index in [1.807, 2.05) is 6.07 Å². The fourth-order valence-electron chi connectivity index (χ4n) is 1.67. The van der Waals surface area contributed by atoms with E-state index < -0.39 is 0 Å². The van der Waals surface area contributed by atoms with Crippen LogP contribution in [0.1, 0.15) is 31.9 Å². The Hall–Kier alpha value is -1.06. The predicted molar refractivity (Wildman–Crippen MR) is 73.2 cm³/mol. The van der Waals surface area contributed by atoms with Crippen LogP contribution in [0.15, 0.2) is 18.2 Å². The Morgan fingerprint density at radius 3 is 2.17 bits per heavy atom. The molecular formula is C15H24O3. The Balaban J connectivity index is 2.74. The van der Waals surface area contributed by atoms with Crippen LogP contribution in [-0.4, -0.2) is 27.1 Å². The van der Waals surface area contributed by atoms with Crippen LogP contribution in [0.5, 0.6) is 5.75 Å². The molecule has 0 N–H and O–H groups in total. The highest BCUT2D eigenvalue weighted by Gasteiger charge is 2.15. The van der Waals surface area contributed by atoms with Crippen molar-refractivity contribution in [3.05, 3.63) is 29.3 Å². The molecule has 0 aliphatic heterocycles. The first-order valence-electron chi connectivity index (χ1n) is 6.18. The van der Waals surface area contributed by atoms with Crippen LogP contribution in [0.4, 0.5) is 0 Å². The molecule has 0 unspecified atom stereocenters. The van der Waals surface area contributed by atoms with Gasteiger partial charge in [-0.25, -0.2) is 0 Å². The lowest BCUT2D eigenvalue weighted by Crippen LogP contribution is -2.22. The fraction of sp³-hybridized carbons (Fsp3) is 0.600. The van der Waals surface area contributed by atoms with Gasteiger partial charge in [-0.1, -0.05) is 32.9 Å². The van der Waals surface area contributed by atoms with Gasteiger partial charge in [-0.05, 0) is 29.5 Å². The summed E-state index contributed by atoms with van der Waals surface area (Å²) in [6.07, 6.45) is -0.327. The van der Waals surface area contributed by atoms with Crippen LogP contribution in [-0.2, 0) is 14.9 Å². The van der Waals surface area contributed by atoms with E-state index in [4.69, 9.17) is 14.2 Å². The van der Waals surface area contributed by atoms with E-state index in [1.54, 1.807) is 14.2 Å². The van der Waals surface area contributed by atoms with Crippen molar-refractivity contribution in [2.75, 3.05) is 20.8 Å². The topological polar surface area (TPSA) is 27.7 Å². The summed E-state index contributed by atoms with van der Waals surface area (Å²) < 4.78 is 15.9. The number of methoxy groups -OCH3 is 2. The Kier molecular flexibility index (Phi) is 5.17. The van der Waals surface area contributed by atoms with Crippen molar-refractivity contribution in [1.82, 2.24) is 0 Å². The third-order valence-corrected chi connectivity index (χ3v) is 2.94. The Labute approximate surface area is 110 Å². The predicted octanol–water partition coefficient (Wildman–Crippen LogP) is 3.29. The molecule has 0 amide bonds. The highest BCUT2D eigenvalue weighted by atomic mass is 16.7. The van der Waals surface area contributed by atoms with Crippen molar-refractivity contribution in [2.45, 2.75) is 39.4 Å². The first-order valence-corrected chi connectivity index (χ1v) is 6.18. The minimum absolute atomic E-state index is 0.158. The van der Waals surface area contributed by atoms with Crippen molar-refractivity contribution in [1.29, 1.82) is 0 Å². The van der Waals surface area contributed by atoms with Crippen molar-refractivity contribution in [3.8, 4) is 5.75 Å². The molecule has 0 aliphatic rings. The van der Waals surface area contributed by atoms with E-state index in [0.717, 1.165) is 11.3 Å². The van der Waals surface area contributed by atoms with Gasteiger partial charge in [0.25, 0.3) is 0 Å². The minimum Gasteiger partial charge on any atom is -0.488 e. The van der Waals surface area contributed by atoms with Gasteiger partial charge < -0.3 is 14.2 Å². The zero-order valence-corrected chi connectivity index (χ0v) is 12.2. The highest BCUT2D eigenvalue weighted by Crippen LogP contribution is 2.27. The Bertz CT molecular complexity index is 376. The molecule has 0 saturated carbocycles. The summed E-state index contributed by atoms with van der Waals surface area (Å²) in [6.45, 7) is 9.05. The van der Waals surface area contributed by atoms with E-state index in [0.29, 0.717) is 6.61 Å². The van der Waals surface area contributed by atoms with Gasteiger partial charge in [0.05, 0.1) is 0 Å². The quantitative estimate of drug-likeness (QED) is 0.753. The van der Waals surface area contributed by atoms with Crippen molar-refractivity contribution < 1.29 is 14.2 Å². The van der Waals surface area contributed by atoms with Crippen LogP contribution in [0.25, 0.3) is 0 Å². The number of hydrogen-bond donors (Lipinski definition) is 0. The number of ether oxygens (including phenoxy) is 3. The van der Waals surface area contributed by atoms with E-state index in [1.165, 1.54) is 5.56 Å². The lowest BCUT2D eigenvalue weighted by Gasteiger charge is -2.21. The molecule has 0 bridgehead atoms. The molecule has 0 radical (unpaired) electrons. The van der Waals surface area contributed by atoms with Crippen LogP contribution in [0, 0.1) is 6.92 Å². The average Bonchev–Trinajstić information content (AvgIpc) is 2.30. The first-order chi connectivity index (χ1) is 8.38. The van der Waals surface area contributed by atoms with E-state index in [9.17, 15) is 0 Å². The summed E-state index contributed by atoms with van der Waals surface area (Å²) in [7, 11) is 3.21. The molecule has 3 heteroatoms. The molecular weight excluding hydrogens is 228 g/mol. The molecule has 0 aliphatic carbocycles. The SMILES string of the molecule is COC(COc1ccc(C(C)(C)C)cc1C)OC. The van der Waals surface area contributed by atoms with Gasteiger partial charge in [-0.2, -0.15) is 0 Å². The second-order valence-corrected chi connectivity index (χ2v) is 5.44. The third-order valence-electron chi connectivity index (χ3n) is 2.94. The van der Waals surface area contributed by atoms with Gasteiger partial charge >= 0.3 is 0 Å². The lowest BCUT2D eigenvalue weighted by molar-refractivity contribution is -0.122. The Morgan fingerprint density at radius 1 is 1.11 bits per heavy atom. The molecule has 0 saturated heterocycles. The summed E-state index contributed by atoms with van der Waals surface area (Å²) in [5.41, 5.74) is 2.60. The summed E-state index contributed by atoms with van der Waals surface area (Å²) in [5, 5.41) is 0. The number of aryl methyl sites for hydroxylation is 1. The summed E-state index contributed by atoms with van der Waals surface area (Å²) in [5.74, 6) is 0.877. The molecule has 18 heavy (non-hydrogen) atoms. The molecule has 0 heterocycles. The van der Waals surface area contributed by atoms with Crippen molar-refractivity contribution in [3.63, 3.8) is 0 Å². The molecule has 0 fully saturated rings. The molecule has 102 valence electrons. The van der Waals surface area contributed by atoms with Crippen molar-refractivity contribution >= 4 is 0 Å². The van der Waals surface area contributed by atoms with Crippen LogP contribution in [0.2, 0.25) is 0 Å². The van der Waals surface area contributed by atoms with E-state index >= 15 is 0 Å². The average molecular weight is 252 g/mol. The van der Waals surface area contributed by atoms with Gasteiger partial charge in [0.2, 0.25) is 0 Å². The molecule has 1 aromatic rings. The van der Waals surface area contributed by atoms with E-state index in [2.05, 4.69) is 39.8 Å². The van der Waals surface area contributed by atoms with Crippen LogP contribution in [0.3, 0.4) is 0 Å². The van der Waals surface area contributed by atoms with Gasteiger partial charge in [-0.3, -0.25) is 0 Å². The highest BCUT2D eigenvalue weighted by molar-refractivity contribution is 5.38. The normalized spacial score (nSPS) is 11.9. The maximum atomic E-state index is 5.70. The molecule has 1 rings (SSSR count). The number of hydrogen-bond acceptors (Lipinski definition) is 3. The first kappa shape index (κ1) is 15.0. The Morgan fingerprint density at radius 2 is 1.72 bits per heavy atom. The van der Waals surface area contributed by atoms with Crippen molar-refractivity contribution in [2.24, 2.45) is 0 Å². The standard InChI is InChI=1S/C15H24O3/c1-11-9-12(15(2,3)4)7-8-13(11)18-10-14(16-5)17-6/h7-9,14H,10H2,1-6H3. The molecule has 0 atom stereocenters. The second-order valence-electron chi connectivity index (χ2n) is 5.44. The molecule has 0 spiro atoms. The van der Waals surface area contributed by atoms with Crippen LogP contribution < -0.4 is 4.74 Å². The van der Waals surface area contributed by atoms with Crippen LogP contribution >= 0.6 is 0 Å². The molecule has 0 aromatic heterocycles. The van der Waals surface area contributed by atoms with Gasteiger partial charge in [-0.15, -0.1) is 0 Å².